The Morgan fingerprint density at radius 3 is 1.70 bits per heavy atom. The van der Waals surface area contributed by atoms with Crippen LogP contribution in [0.5, 0.6) is 0 Å². The number of rotatable bonds is 5. The van der Waals surface area contributed by atoms with Crippen molar-refractivity contribution in [2.24, 2.45) is 14.1 Å². The van der Waals surface area contributed by atoms with Gasteiger partial charge in [0, 0.05) is 99.2 Å². The quantitative estimate of drug-likeness (QED) is 0.160. The van der Waals surface area contributed by atoms with Crippen LogP contribution in [0.1, 0.15) is 11.4 Å². The molecule has 6 aromatic rings. The molecule has 0 saturated carbocycles. The number of nitrogens with zero attached hydrogens (tertiary/aromatic N) is 10. The van der Waals surface area contributed by atoms with Gasteiger partial charge in [-0.05, 0) is 43.4 Å². The van der Waals surface area contributed by atoms with Crippen LogP contribution in [-0.2, 0) is 26.0 Å². The summed E-state index contributed by atoms with van der Waals surface area (Å²) in [7, 11) is 6.03. The molecule has 6 aromatic heterocycles. The standard InChI is InChI=1S/C18H21ClN6.C13H10BrClN4/c1-23-5-7-25(8-6-23)12-17-14(11-24(2)22-17)13-9-16-15(20-10-13)3-4-18(19)21-16;1-19-7-9(12(5-14)18-19)8-4-11-10(16-6-8)2-3-13(15)17-11/h3-4,9-11H,5-8,12H2,1-2H3;2-4,6-7H,5H2,1H3. The topological polar surface area (TPSA) is 93.7 Å². The fourth-order valence-corrected chi connectivity index (χ4v) is 5.96. The Kier molecular flexibility index (Phi) is 9.20. The maximum absolute atomic E-state index is 6.03. The van der Waals surface area contributed by atoms with Gasteiger partial charge < -0.3 is 4.90 Å². The number of hydrogen-bond donors (Lipinski definition) is 0. The number of likely N-dealkylation sites (N-methyl/N-ethyl adjacent to an activating group) is 1. The summed E-state index contributed by atoms with van der Waals surface area (Å²) in [6, 6.07) is 11.3. The molecule has 0 aliphatic carbocycles. The minimum absolute atomic E-state index is 0.471. The first-order valence-electron chi connectivity index (χ1n) is 14.1. The molecular weight excluding hydrogens is 663 g/mol. The number of alkyl halides is 1. The van der Waals surface area contributed by atoms with E-state index in [9.17, 15) is 0 Å². The summed E-state index contributed by atoms with van der Waals surface area (Å²) in [6.07, 6.45) is 7.76. The van der Waals surface area contributed by atoms with Crippen LogP contribution < -0.4 is 0 Å². The minimum Gasteiger partial charge on any atom is -0.304 e. The van der Waals surface area contributed by atoms with Crippen molar-refractivity contribution in [3.63, 3.8) is 0 Å². The maximum Gasteiger partial charge on any atom is 0.129 e. The van der Waals surface area contributed by atoms with E-state index in [0.29, 0.717) is 15.6 Å². The zero-order valence-electron chi connectivity index (χ0n) is 24.6. The highest BCUT2D eigenvalue weighted by Gasteiger charge is 2.19. The van der Waals surface area contributed by atoms with Crippen LogP contribution in [0.4, 0.5) is 0 Å². The molecule has 0 radical (unpaired) electrons. The predicted octanol–water partition coefficient (Wildman–Crippen LogP) is 6.01. The Balaban J connectivity index is 0.000000162. The van der Waals surface area contributed by atoms with Crippen LogP contribution in [0.3, 0.4) is 0 Å². The Morgan fingerprint density at radius 2 is 1.18 bits per heavy atom. The zero-order chi connectivity index (χ0) is 30.8. The lowest BCUT2D eigenvalue weighted by atomic mass is 10.1. The fourth-order valence-electron chi connectivity index (χ4n) is 5.24. The van der Waals surface area contributed by atoms with Gasteiger partial charge in [0.25, 0.3) is 0 Å². The van der Waals surface area contributed by atoms with Gasteiger partial charge in [-0.15, -0.1) is 0 Å². The SMILES string of the molecule is CN1CCN(Cc2nn(C)cc2-c2cnc3ccc(Cl)nc3c2)CC1.Cn1cc(-c2cnc3ccc(Cl)nc3c2)c(CBr)n1. The summed E-state index contributed by atoms with van der Waals surface area (Å²) >= 11 is 15.4. The van der Waals surface area contributed by atoms with Crippen LogP contribution in [0, 0.1) is 0 Å². The van der Waals surface area contributed by atoms with Gasteiger partial charge in [-0.2, -0.15) is 10.2 Å². The molecule has 7 rings (SSSR count). The highest BCUT2D eigenvalue weighted by atomic mass is 79.9. The third-order valence-electron chi connectivity index (χ3n) is 7.54. The summed E-state index contributed by atoms with van der Waals surface area (Å²) in [4.78, 5) is 22.4. The highest BCUT2D eigenvalue weighted by molar-refractivity contribution is 9.08. The fraction of sp³-hybridized carbons (Fsp3) is 0.290. The van der Waals surface area contributed by atoms with Gasteiger partial charge in [-0.3, -0.25) is 24.2 Å². The lowest BCUT2D eigenvalue weighted by Gasteiger charge is -2.32. The van der Waals surface area contributed by atoms with Gasteiger partial charge in [0.1, 0.15) is 10.3 Å². The second-order valence-electron chi connectivity index (χ2n) is 10.8. The molecule has 1 saturated heterocycles. The number of piperazine rings is 1. The van der Waals surface area contributed by atoms with Crippen LogP contribution in [0.2, 0.25) is 10.3 Å². The van der Waals surface area contributed by atoms with E-state index in [1.54, 1.807) is 16.8 Å². The van der Waals surface area contributed by atoms with Crippen LogP contribution in [0.15, 0.2) is 61.2 Å². The largest absolute Gasteiger partial charge is 0.304 e. The van der Waals surface area contributed by atoms with Crippen molar-refractivity contribution in [1.82, 2.24) is 49.3 Å². The van der Waals surface area contributed by atoms with E-state index in [1.807, 2.05) is 61.6 Å². The van der Waals surface area contributed by atoms with Gasteiger partial charge in [0.15, 0.2) is 0 Å². The molecule has 10 nitrogen and oxygen atoms in total. The molecule has 1 fully saturated rings. The maximum atomic E-state index is 6.03. The Hall–Kier alpha value is -3.48. The van der Waals surface area contributed by atoms with Crippen molar-refractivity contribution in [2.45, 2.75) is 11.9 Å². The van der Waals surface area contributed by atoms with Gasteiger partial charge in [0.2, 0.25) is 0 Å². The zero-order valence-corrected chi connectivity index (χ0v) is 27.7. The molecule has 1 aliphatic heterocycles. The first kappa shape index (κ1) is 30.5. The summed E-state index contributed by atoms with van der Waals surface area (Å²) in [6.45, 7) is 5.19. The number of aryl methyl sites for hydroxylation is 2. The molecule has 0 unspecified atom stereocenters. The van der Waals surface area contributed by atoms with Crippen molar-refractivity contribution in [3.05, 3.63) is 82.9 Å². The van der Waals surface area contributed by atoms with Crippen molar-refractivity contribution in [2.75, 3.05) is 33.2 Å². The Labute approximate surface area is 273 Å². The van der Waals surface area contributed by atoms with Crippen molar-refractivity contribution >= 4 is 61.2 Å². The second kappa shape index (κ2) is 13.3. The highest BCUT2D eigenvalue weighted by Crippen LogP contribution is 2.28. The molecule has 0 N–H and O–H groups in total. The summed E-state index contributed by atoms with van der Waals surface area (Å²) in [5.74, 6) is 0. The molecule has 1 aliphatic rings. The monoisotopic (exact) mass is 692 g/mol. The molecule has 0 bridgehead atoms. The van der Waals surface area contributed by atoms with Crippen LogP contribution in [0.25, 0.3) is 44.3 Å². The lowest BCUT2D eigenvalue weighted by molar-refractivity contribution is 0.147. The van der Waals surface area contributed by atoms with Crippen LogP contribution >= 0.6 is 39.1 Å². The van der Waals surface area contributed by atoms with Gasteiger partial charge in [-0.1, -0.05) is 39.1 Å². The Bertz CT molecular complexity index is 1930. The smallest absolute Gasteiger partial charge is 0.129 e. The number of halogens is 3. The molecule has 13 heteroatoms. The van der Waals surface area contributed by atoms with E-state index in [2.05, 4.69) is 69.1 Å². The summed E-state index contributed by atoms with van der Waals surface area (Å²) in [5, 5.41) is 10.7. The van der Waals surface area contributed by atoms with Crippen molar-refractivity contribution in [3.8, 4) is 22.3 Å². The van der Waals surface area contributed by atoms with E-state index >= 15 is 0 Å². The van der Waals surface area contributed by atoms with Gasteiger partial charge in [-0.25, -0.2) is 9.97 Å². The molecule has 0 aromatic carbocycles. The van der Waals surface area contributed by atoms with Crippen LogP contribution in [-0.4, -0.2) is 82.5 Å². The molecule has 0 amide bonds. The third-order valence-corrected chi connectivity index (χ3v) is 8.49. The number of aromatic nitrogens is 8. The van der Waals surface area contributed by atoms with Crippen molar-refractivity contribution in [1.29, 1.82) is 0 Å². The number of hydrogen-bond acceptors (Lipinski definition) is 8. The van der Waals surface area contributed by atoms with E-state index < -0.39 is 0 Å². The van der Waals surface area contributed by atoms with E-state index in [4.69, 9.17) is 23.2 Å². The first-order chi connectivity index (χ1) is 21.2. The summed E-state index contributed by atoms with van der Waals surface area (Å²) < 4.78 is 3.66. The van der Waals surface area contributed by atoms with E-state index in [0.717, 1.165) is 88.4 Å². The van der Waals surface area contributed by atoms with Gasteiger partial charge >= 0.3 is 0 Å². The predicted molar refractivity (Wildman–Crippen MR) is 179 cm³/mol. The van der Waals surface area contributed by atoms with E-state index in [1.165, 1.54) is 0 Å². The van der Waals surface area contributed by atoms with Gasteiger partial charge in [0.05, 0.1) is 33.5 Å². The summed E-state index contributed by atoms with van der Waals surface area (Å²) in [5.41, 5.74) is 9.50. The molecule has 0 atom stereocenters. The number of pyridine rings is 4. The average Bonchev–Trinajstić information content (AvgIpc) is 3.59. The number of fused-ring (bicyclic) bond motifs is 2. The molecule has 0 spiro atoms. The lowest BCUT2D eigenvalue weighted by Crippen LogP contribution is -2.44. The second-order valence-corrected chi connectivity index (χ2v) is 12.2. The minimum atomic E-state index is 0.471. The van der Waals surface area contributed by atoms with E-state index in [-0.39, 0.29) is 0 Å². The van der Waals surface area contributed by atoms with Crippen molar-refractivity contribution < 1.29 is 0 Å². The Morgan fingerprint density at radius 1 is 0.682 bits per heavy atom. The molecular formula is C31H31BrCl2N10. The molecule has 226 valence electrons. The average molecular weight is 694 g/mol. The first-order valence-corrected chi connectivity index (χ1v) is 16.0. The third kappa shape index (κ3) is 6.92. The molecule has 44 heavy (non-hydrogen) atoms. The molecule has 7 heterocycles. The normalized spacial score (nSPS) is 14.2.